The molecule has 0 aliphatic heterocycles. The lowest BCUT2D eigenvalue weighted by molar-refractivity contribution is -0.147. The molecule has 2 N–H and O–H groups in total. The van der Waals surface area contributed by atoms with Crippen LogP contribution in [-0.4, -0.2) is 32.7 Å². The number of hydrogen-bond donors (Lipinski definition) is 2. The number of likely N-dealkylation sites (N-methyl/N-ethyl adjacent to an activating group) is 2. The number of esters is 1. The third-order valence-corrected chi connectivity index (χ3v) is 3.16. The van der Waals surface area contributed by atoms with Crippen molar-refractivity contribution in [1.82, 2.24) is 10.6 Å². The van der Waals surface area contributed by atoms with Crippen molar-refractivity contribution in [3.63, 3.8) is 0 Å². The van der Waals surface area contributed by atoms with Crippen LogP contribution >= 0.6 is 0 Å². The van der Waals surface area contributed by atoms with Gasteiger partial charge in [-0.15, -0.1) is 0 Å². The summed E-state index contributed by atoms with van der Waals surface area (Å²) in [6.45, 7) is 2.06. The van der Waals surface area contributed by atoms with Crippen LogP contribution in [0.5, 0.6) is 0 Å². The molecule has 0 fully saturated rings. The molecule has 4 heteroatoms. The molecule has 1 aliphatic carbocycles. The van der Waals surface area contributed by atoms with Crippen LogP contribution in [0.3, 0.4) is 0 Å². The molecule has 0 saturated heterocycles. The molecule has 0 spiro atoms. The summed E-state index contributed by atoms with van der Waals surface area (Å²) in [5, 5.41) is 6.16. The standard InChI is InChI=1S/C12H20N2O2/c1-5-9-8-10(13-2)6-7-12(9,14-3)11(15)16-4/h6-9,13-14H,5H2,1-4H3. The molecule has 16 heavy (non-hydrogen) atoms. The fourth-order valence-electron chi connectivity index (χ4n) is 2.11. The van der Waals surface area contributed by atoms with Crippen LogP contribution in [0.25, 0.3) is 0 Å². The molecule has 0 bridgehead atoms. The zero-order valence-corrected chi connectivity index (χ0v) is 10.3. The van der Waals surface area contributed by atoms with Gasteiger partial charge in [0.2, 0.25) is 0 Å². The van der Waals surface area contributed by atoms with Gasteiger partial charge >= 0.3 is 5.97 Å². The van der Waals surface area contributed by atoms with Gasteiger partial charge in [-0.05, 0) is 19.5 Å². The van der Waals surface area contributed by atoms with E-state index in [1.165, 1.54) is 7.11 Å². The van der Waals surface area contributed by atoms with Crippen molar-refractivity contribution in [3.8, 4) is 0 Å². The van der Waals surface area contributed by atoms with Crippen molar-refractivity contribution in [1.29, 1.82) is 0 Å². The Morgan fingerprint density at radius 3 is 2.69 bits per heavy atom. The maximum atomic E-state index is 11.9. The molecule has 4 nitrogen and oxygen atoms in total. The van der Waals surface area contributed by atoms with Gasteiger partial charge in [0.15, 0.2) is 0 Å². The maximum Gasteiger partial charge on any atom is 0.330 e. The number of methoxy groups -OCH3 is 1. The highest BCUT2D eigenvalue weighted by atomic mass is 16.5. The topological polar surface area (TPSA) is 50.4 Å². The summed E-state index contributed by atoms with van der Waals surface area (Å²) in [4.78, 5) is 11.9. The number of rotatable bonds is 4. The van der Waals surface area contributed by atoms with Crippen LogP contribution in [0.4, 0.5) is 0 Å². The second-order valence-corrected chi connectivity index (χ2v) is 3.83. The highest BCUT2D eigenvalue weighted by Gasteiger charge is 2.43. The van der Waals surface area contributed by atoms with E-state index in [0.717, 1.165) is 12.1 Å². The van der Waals surface area contributed by atoms with E-state index in [4.69, 9.17) is 4.74 Å². The molecular weight excluding hydrogens is 204 g/mol. The Hall–Kier alpha value is -1.29. The molecule has 0 aromatic rings. The number of allylic oxidation sites excluding steroid dienone is 1. The number of ether oxygens (including phenoxy) is 1. The van der Waals surface area contributed by atoms with Gasteiger partial charge in [-0.1, -0.05) is 19.1 Å². The first-order valence-corrected chi connectivity index (χ1v) is 5.50. The number of nitrogens with one attached hydrogen (secondary N) is 2. The SMILES string of the molecule is CCC1C=C(NC)C=CC1(NC)C(=O)OC. The molecule has 1 rings (SSSR count). The van der Waals surface area contributed by atoms with Crippen molar-refractivity contribution >= 4 is 5.97 Å². The quantitative estimate of drug-likeness (QED) is 0.694. The van der Waals surface area contributed by atoms with E-state index in [1.54, 1.807) is 7.05 Å². The zero-order chi connectivity index (χ0) is 12.2. The minimum atomic E-state index is -0.732. The van der Waals surface area contributed by atoms with E-state index in [0.29, 0.717) is 0 Å². The largest absolute Gasteiger partial charge is 0.467 e. The van der Waals surface area contributed by atoms with Crippen molar-refractivity contribution < 1.29 is 9.53 Å². The van der Waals surface area contributed by atoms with E-state index in [9.17, 15) is 4.79 Å². The smallest absolute Gasteiger partial charge is 0.330 e. The summed E-state index contributed by atoms with van der Waals surface area (Å²) < 4.78 is 4.88. The Balaban J connectivity index is 3.08. The molecule has 2 atom stereocenters. The van der Waals surface area contributed by atoms with Gasteiger partial charge in [0.1, 0.15) is 5.54 Å². The normalized spacial score (nSPS) is 28.5. The van der Waals surface area contributed by atoms with Crippen molar-refractivity contribution in [3.05, 3.63) is 23.9 Å². The van der Waals surface area contributed by atoms with Crippen LogP contribution in [-0.2, 0) is 9.53 Å². The Labute approximate surface area is 96.7 Å². The minimum absolute atomic E-state index is 0.0948. The summed E-state index contributed by atoms with van der Waals surface area (Å²) in [6.07, 6.45) is 6.71. The van der Waals surface area contributed by atoms with Gasteiger partial charge in [-0.2, -0.15) is 0 Å². The average Bonchev–Trinajstić information content (AvgIpc) is 2.36. The lowest BCUT2D eigenvalue weighted by Crippen LogP contribution is -2.55. The number of carbonyl (C=O) groups is 1. The van der Waals surface area contributed by atoms with Gasteiger partial charge < -0.3 is 15.4 Å². The summed E-state index contributed by atoms with van der Waals surface area (Å²) in [7, 11) is 5.06. The fraction of sp³-hybridized carbons (Fsp3) is 0.583. The Kier molecular flexibility index (Phi) is 4.12. The fourth-order valence-corrected chi connectivity index (χ4v) is 2.11. The van der Waals surface area contributed by atoms with Crippen LogP contribution in [0.1, 0.15) is 13.3 Å². The van der Waals surface area contributed by atoms with E-state index in [-0.39, 0.29) is 11.9 Å². The van der Waals surface area contributed by atoms with Crippen molar-refractivity contribution in [2.45, 2.75) is 18.9 Å². The van der Waals surface area contributed by atoms with E-state index in [2.05, 4.69) is 23.6 Å². The Morgan fingerprint density at radius 2 is 2.25 bits per heavy atom. The minimum Gasteiger partial charge on any atom is -0.467 e. The van der Waals surface area contributed by atoms with Crippen LogP contribution in [0.2, 0.25) is 0 Å². The van der Waals surface area contributed by atoms with Gasteiger partial charge in [0, 0.05) is 18.7 Å². The molecule has 1 aliphatic rings. The molecule has 0 aromatic carbocycles. The Morgan fingerprint density at radius 1 is 1.56 bits per heavy atom. The third-order valence-electron chi connectivity index (χ3n) is 3.16. The van der Waals surface area contributed by atoms with Crippen LogP contribution in [0, 0.1) is 5.92 Å². The van der Waals surface area contributed by atoms with Gasteiger partial charge in [0.05, 0.1) is 7.11 Å². The molecule has 0 radical (unpaired) electrons. The third kappa shape index (κ3) is 1.97. The molecule has 0 heterocycles. The first-order valence-electron chi connectivity index (χ1n) is 5.50. The van der Waals surface area contributed by atoms with Crippen molar-refractivity contribution in [2.24, 2.45) is 5.92 Å². The van der Waals surface area contributed by atoms with Gasteiger partial charge in [-0.3, -0.25) is 0 Å². The molecule has 2 unspecified atom stereocenters. The first-order chi connectivity index (χ1) is 7.64. The van der Waals surface area contributed by atoms with Crippen molar-refractivity contribution in [2.75, 3.05) is 21.2 Å². The highest BCUT2D eigenvalue weighted by molar-refractivity contribution is 5.85. The lowest BCUT2D eigenvalue weighted by Gasteiger charge is -2.36. The summed E-state index contributed by atoms with van der Waals surface area (Å²) in [6, 6.07) is 0. The van der Waals surface area contributed by atoms with Crippen LogP contribution < -0.4 is 10.6 Å². The van der Waals surface area contributed by atoms with Gasteiger partial charge in [0.25, 0.3) is 0 Å². The summed E-state index contributed by atoms with van der Waals surface area (Å²) in [5.74, 6) is -0.151. The molecule has 0 aromatic heterocycles. The lowest BCUT2D eigenvalue weighted by atomic mass is 9.78. The predicted molar refractivity (Wildman–Crippen MR) is 63.9 cm³/mol. The second-order valence-electron chi connectivity index (χ2n) is 3.83. The van der Waals surface area contributed by atoms with Gasteiger partial charge in [-0.25, -0.2) is 4.79 Å². The second kappa shape index (κ2) is 5.16. The average molecular weight is 224 g/mol. The monoisotopic (exact) mass is 224 g/mol. The van der Waals surface area contributed by atoms with E-state index >= 15 is 0 Å². The van der Waals surface area contributed by atoms with E-state index in [1.807, 2.05) is 19.2 Å². The predicted octanol–water partition coefficient (Wildman–Crippen LogP) is 0.817. The highest BCUT2D eigenvalue weighted by Crippen LogP contribution is 2.30. The zero-order valence-electron chi connectivity index (χ0n) is 10.3. The molecule has 0 amide bonds. The molecule has 90 valence electrons. The molecule has 0 saturated carbocycles. The maximum absolute atomic E-state index is 11.9. The Bertz CT molecular complexity index is 323. The first kappa shape index (κ1) is 12.8. The number of carbonyl (C=O) groups excluding carboxylic acids is 1. The summed E-state index contributed by atoms with van der Waals surface area (Å²) in [5.41, 5.74) is 0.297. The van der Waals surface area contributed by atoms with Crippen LogP contribution in [0.15, 0.2) is 23.9 Å². The van der Waals surface area contributed by atoms with E-state index < -0.39 is 5.54 Å². The summed E-state index contributed by atoms with van der Waals surface area (Å²) >= 11 is 0. The number of hydrogen-bond acceptors (Lipinski definition) is 4. The molecular formula is C12H20N2O2.